The maximum atomic E-state index is 13.1. The van der Waals surface area contributed by atoms with Crippen molar-refractivity contribution in [3.05, 3.63) is 50.1 Å². The third-order valence-electron chi connectivity index (χ3n) is 6.62. The molecule has 3 aromatic rings. The minimum atomic E-state index is -0.0410. The number of benzene rings is 1. The number of aromatic nitrogens is 2. The van der Waals surface area contributed by atoms with Crippen LogP contribution in [0, 0.1) is 0 Å². The van der Waals surface area contributed by atoms with Gasteiger partial charge in [0.2, 0.25) is 0 Å². The fourth-order valence-electron chi connectivity index (χ4n) is 4.81. The zero-order valence-electron chi connectivity index (χ0n) is 18.9. The van der Waals surface area contributed by atoms with Gasteiger partial charge in [-0.15, -0.1) is 11.3 Å². The van der Waals surface area contributed by atoms with E-state index in [4.69, 9.17) is 33.2 Å². The van der Waals surface area contributed by atoms with Crippen molar-refractivity contribution >= 4 is 56.5 Å². The Morgan fingerprint density at radius 2 is 1.88 bits per heavy atom. The zero-order valence-corrected chi connectivity index (χ0v) is 21.2. The molecule has 2 aliphatic rings. The van der Waals surface area contributed by atoms with Crippen molar-refractivity contribution in [2.75, 3.05) is 31.1 Å². The van der Waals surface area contributed by atoms with Gasteiger partial charge < -0.3 is 9.80 Å². The number of halogens is 2. The second kappa shape index (κ2) is 9.77. The molecule has 0 atom stereocenters. The van der Waals surface area contributed by atoms with E-state index in [1.807, 2.05) is 16.2 Å². The fourth-order valence-corrected chi connectivity index (χ4v) is 6.58. The summed E-state index contributed by atoms with van der Waals surface area (Å²) in [7, 11) is 0. The van der Waals surface area contributed by atoms with Gasteiger partial charge >= 0.3 is 0 Å². The molecule has 1 fully saturated rings. The molecule has 0 saturated carbocycles. The molecule has 1 aliphatic carbocycles. The molecular formula is C25H28Cl2N4OS. The summed E-state index contributed by atoms with van der Waals surface area (Å²) >= 11 is 14.2. The number of nitrogens with zero attached hydrogens (tertiary/aromatic N) is 4. The summed E-state index contributed by atoms with van der Waals surface area (Å²) in [5.74, 6) is 1.98. The highest BCUT2D eigenvalue weighted by Crippen LogP contribution is 2.40. The molecule has 0 radical (unpaired) electrons. The molecule has 1 aromatic carbocycles. The number of aryl methyl sites for hydroxylation is 3. The van der Waals surface area contributed by atoms with Crippen molar-refractivity contribution in [1.82, 2.24) is 14.9 Å². The Hall–Kier alpha value is -1.89. The van der Waals surface area contributed by atoms with Gasteiger partial charge in [0.15, 0.2) is 0 Å². The van der Waals surface area contributed by atoms with Crippen LogP contribution in [-0.2, 0) is 19.3 Å². The van der Waals surface area contributed by atoms with Crippen molar-refractivity contribution in [3.8, 4) is 0 Å². The number of rotatable bonds is 5. The summed E-state index contributed by atoms with van der Waals surface area (Å²) in [5, 5.41) is 2.19. The lowest BCUT2D eigenvalue weighted by Gasteiger charge is -2.36. The first-order valence-corrected chi connectivity index (χ1v) is 13.4. The predicted molar refractivity (Wildman–Crippen MR) is 137 cm³/mol. The molecule has 33 heavy (non-hydrogen) atoms. The Kier molecular flexibility index (Phi) is 6.77. The van der Waals surface area contributed by atoms with Gasteiger partial charge in [0.25, 0.3) is 5.91 Å². The van der Waals surface area contributed by atoms with Crippen molar-refractivity contribution in [3.63, 3.8) is 0 Å². The first kappa shape index (κ1) is 22.9. The molecular weight excluding hydrogens is 475 g/mol. The van der Waals surface area contributed by atoms with Gasteiger partial charge in [-0.05, 0) is 55.9 Å². The monoisotopic (exact) mass is 502 g/mol. The highest BCUT2D eigenvalue weighted by Gasteiger charge is 2.28. The van der Waals surface area contributed by atoms with E-state index in [9.17, 15) is 4.79 Å². The number of hydrogen-bond donors (Lipinski definition) is 0. The second-order valence-electron chi connectivity index (χ2n) is 8.86. The Balaban J connectivity index is 1.41. The molecule has 5 nitrogen and oxygen atoms in total. The van der Waals surface area contributed by atoms with E-state index in [1.165, 1.54) is 28.7 Å². The van der Waals surface area contributed by atoms with E-state index in [1.54, 1.807) is 18.2 Å². The molecule has 0 bridgehead atoms. The van der Waals surface area contributed by atoms with Crippen LogP contribution >= 0.6 is 34.5 Å². The van der Waals surface area contributed by atoms with Crippen molar-refractivity contribution in [2.24, 2.45) is 0 Å². The minimum Gasteiger partial charge on any atom is -0.352 e. The van der Waals surface area contributed by atoms with E-state index in [-0.39, 0.29) is 5.91 Å². The summed E-state index contributed by atoms with van der Waals surface area (Å²) in [6, 6.07) is 5.05. The predicted octanol–water partition coefficient (Wildman–Crippen LogP) is 6.18. The molecule has 174 valence electrons. The normalized spacial score (nSPS) is 16.3. The van der Waals surface area contributed by atoms with Gasteiger partial charge in [-0.25, -0.2) is 9.97 Å². The number of carbonyl (C=O) groups excluding carboxylic acids is 1. The quantitative estimate of drug-likeness (QED) is 0.417. The van der Waals surface area contributed by atoms with Crippen LogP contribution in [0.1, 0.15) is 59.2 Å². The third-order valence-corrected chi connectivity index (χ3v) is 8.36. The second-order valence-corrected chi connectivity index (χ2v) is 10.8. The average molecular weight is 503 g/mol. The first-order chi connectivity index (χ1) is 16.0. The molecule has 1 saturated heterocycles. The van der Waals surface area contributed by atoms with Crippen LogP contribution in [0.2, 0.25) is 10.0 Å². The number of hydrogen-bond acceptors (Lipinski definition) is 5. The summed E-state index contributed by atoms with van der Waals surface area (Å²) in [5.41, 5.74) is 1.97. The Morgan fingerprint density at radius 3 is 2.64 bits per heavy atom. The molecule has 1 amide bonds. The maximum Gasteiger partial charge on any atom is 0.255 e. The van der Waals surface area contributed by atoms with Crippen LogP contribution in [0.3, 0.4) is 0 Å². The summed E-state index contributed by atoms with van der Waals surface area (Å²) in [4.78, 5) is 30.0. The minimum absolute atomic E-state index is 0.0410. The van der Waals surface area contributed by atoms with Gasteiger partial charge in [0.05, 0.1) is 16.0 Å². The highest BCUT2D eigenvalue weighted by atomic mass is 35.5. The lowest BCUT2D eigenvalue weighted by molar-refractivity contribution is 0.0747. The standard InChI is InChI=1S/C25H28Cl2N4OS/c1-2-3-8-21-28-23(22-18-6-4-5-7-20(18)33-24(22)29-21)30-11-13-31(14-12-30)25(32)17-10-9-16(26)15-19(17)27/h9-10,15H,2-8,11-14H2,1H3. The molecule has 3 heterocycles. The van der Waals surface area contributed by atoms with Crippen LogP contribution in [0.25, 0.3) is 10.2 Å². The van der Waals surface area contributed by atoms with E-state index in [0.717, 1.165) is 61.7 Å². The van der Waals surface area contributed by atoms with Gasteiger partial charge in [0.1, 0.15) is 16.5 Å². The van der Waals surface area contributed by atoms with E-state index >= 15 is 0 Å². The largest absolute Gasteiger partial charge is 0.352 e. The number of anilines is 1. The average Bonchev–Trinajstić information content (AvgIpc) is 3.20. The molecule has 8 heteroatoms. The van der Waals surface area contributed by atoms with Crippen LogP contribution in [0.15, 0.2) is 18.2 Å². The van der Waals surface area contributed by atoms with Crippen molar-refractivity contribution in [1.29, 1.82) is 0 Å². The van der Waals surface area contributed by atoms with Gasteiger partial charge in [-0.1, -0.05) is 36.5 Å². The number of carbonyl (C=O) groups is 1. The molecule has 1 aliphatic heterocycles. The maximum absolute atomic E-state index is 13.1. The third kappa shape index (κ3) is 4.58. The topological polar surface area (TPSA) is 49.3 Å². The zero-order chi connectivity index (χ0) is 22.9. The summed E-state index contributed by atoms with van der Waals surface area (Å²) < 4.78 is 0. The fraction of sp³-hybridized carbons (Fsp3) is 0.480. The van der Waals surface area contributed by atoms with Crippen LogP contribution < -0.4 is 4.90 Å². The molecule has 0 spiro atoms. The van der Waals surface area contributed by atoms with E-state index in [0.29, 0.717) is 28.7 Å². The summed E-state index contributed by atoms with van der Waals surface area (Å²) in [6.45, 7) is 4.98. The molecule has 5 rings (SSSR count). The molecule has 2 aromatic heterocycles. The summed E-state index contributed by atoms with van der Waals surface area (Å²) in [6.07, 6.45) is 7.92. The van der Waals surface area contributed by atoms with Gasteiger partial charge in [0, 0.05) is 42.5 Å². The van der Waals surface area contributed by atoms with Crippen LogP contribution in [0.4, 0.5) is 5.82 Å². The number of fused-ring (bicyclic) bond motifs is 3. The molecule has 0 unspecified atom stereocenters. The Morgan fingerprint density at radius 1 is 1.09 bits per heavy atom. The van der Waals surface area contributed by atoms with Crippen LogP contribution in [0.5, 0.6) is 0 Å². The lowest BCUT2D eigenvalue weighted by atomic mass is 9.96. The molecule has 0 N–H and O–H groups in total. The van der Waals surface area contributed by atoms with Gasteiger partial charge in [-0.3, -0.25) is 4.79 Å². The number of thiophene rings is 1. The lowest BCUT2D eigenvalue weighted by Crippen LogP contribution is -2.49. The van der Waals surface area contributed by atoms with Crippen LogP contribution in [-0.4, -0.2) is 47.0 Å². The Bertz CT molecular complexity index is 1190. The van der Waals surface area contributed by atoms with Crippen molar-refractivity contribution in [2.45, 2.75) is 51.9 Å². The SMILES string of the molecule is CCCCc1nc(N2CCN(C(=O)c3ccc(Cl)cc3Cl)CC2)c2c3c(sc2n1)CCCC3. The van der Waals surface area contributed by atoms with E-state index < -0.39 is 0 Å². The number of unbranched alkanes of at least 4 members (excludes halogenated alkanes) is 1. The Labute approximate surface area is 208 Å². The first-order valence-electron chi connectivity index (χ1n) is 11.9. The smallest absolute Gasteiger partial charge is 0.255 e. The number of piperazine rings is 1. The van der Waals surface area contributed by atoms with Crippen molar-refractivity contribution < 1.29 is 4.79 Å². The van der Waals surface area contributed by atoms with E-state index in [2.05, 4.69) is 11.8 Å². The van der Waals surface area contributed by atoms with Gasteiger partial charge in [-0.2, -0.15) is 0 Å². The number of amides is 1. The highest BCUT2D eigenvalue weighted by molar-refractivity contribution is 7.19.